The first-order valence-electron chi connectivity index (χ1n) is 8.07. The molecule has 136 valence electrons. The van der Waals surface area contributed by atoms with Gasteiger partial charge in [-0.2, -0.15) is 0 Å². The molecule has 0 atom stereocenters. The second-order valence-electron chi connectivity index (χ2n) is 5.86. The lowest BCUT2D eigenvalue weighted by molar-refractivity contribution is -0.115. The van der Waals surface area contributed by atoms with Crippen LogP contribution in [-0.2, 0) is 11.2 Å². The van der Waals surface area contributed by atoms with Crippen molar-refractivity contribution in [1.29, 1.82) is 0 Å². The highest BCUT2D eigenvalue weighted by Gasteiger charge is 2.18. The first kappa shape index (κ1) is 19.4. The standard InChI is InChI=1S/C21H14Cl3NO2/c22-14-7-9-19(24)17(12-14)21(27)16-10-13(6-8-18(16)23)11-20(26)25-15-4-2-1-3-5-15/h1-10,12H,11H2,(H,25,26). The van der Waals surface area contributed by atoms with E-state index in [9.17, 15) is 9.59 Å². The van der Waals surface area contributed by atoms with Crippen LogP contribution in [0.4, 0.5) is 5.69 Å². The summed E-state index contributed by atoms with van der Waals surface area (Å²) in [4.78, 5) is 25.1. The van der Waals surface area contributed by atoms with Gasteiger partial charge in [-0.1, -0.05) is 59.1 Å². The van der Waals surface area contributed by atoms with Gasteiger partial charge in [-0.3, -0.25) is 9.59 Å². The number of anilines is 1. The fraction of sp³-hybridized carbons (Fsp3) is 0.0476. The van der Waals surface area contributed by atoms with Crippen LogP contribution in [0.25, 0.3) is 0 Å². The number of para-hydroxylation sites is 1. The minimum absolute atomic E-state index is 0.107. The molecule has 0 radical (unpaired) electrons. The molecule has 0 fully saturated rings. The maximum absolute atomic E-state index is 12.8. The number of rotatable bonds is 5. The van der Waals surface area contributed by atoms with E-state index in [2.05, 4.69) is 5.32 Å². The van der Waals surface area contributed by atoms with Gasteiger partial charge in [0.25, 0.3) is 0 Å². The van der Waals surface area contributed by atoms with Crippen molar-refractivity contribution in [2.75, 3.05) is 5.32 Å². The molecule has 0 aliphatic rings. The second-order valence-corrected chi connectivity index (χ2v) is 7.11. The van der Waals surface area contributed by atoms with Crippen LogP contribution in [0.2, 0.25) is 15.1 Å². The summed E-state index contributed by atoms with van der Waals surface area (Å²) in [6.45, 7) is 0. The molecule has 0 saturated carbocycles. The van der Waals surface area contributed by atoms with E-state index >= 15 is 0 Å². The molecule has 0 aromatic heterocycles. The molecule has 1 amide bonds. The van der Waals surface area contributed by atoms with Gasteiger partial charge in [-0.05, 0) is 48.0 Å². The van der Waals surface area contributed by atoms with Crippen molar-refractivity contribution in [3.63, 3.8) is 0 Å². The molecule has 6 heteroatoms. The Hall–Kier alpha value is -2.33. The second kappa shape index (κ2) is 8.57. The van der Waals surface area contributed by atoms with Gasteiger partial charge in [0.05, 0.1) is 16.5 Å². The Morgan fingerprint density at radius 1 is 0.778 bits per heavy atom. The van der Waals surface area contributed by atoms with E-state index < -0.39 is 0 Å². The number of benzene rings is 3. The van der Waals surface area contributed by atoms with Crippen LogP contribution in [0.5, 0.6) is 0 Å². The zero-order chi connectivity index (χ0) is 19.4. The third-order valence-corrected chi connectivity index (χ3v) is 4.76. The number of hydrogen-bond acceptors (Lipinski definition) is 2. The fourth-order valence-electron chi connectivity index (χ4n) is 2.59. The highest BCUT2D eigenvalue weighted by molar-refractivity contribution is 6.39. The Bertz CT molecular complexity index is 1000. The van der Waals surface area contributed by atoms with E-state index in [0.29, 0.717) is 16.3 Å². The van der Waals surface area contributed by atoms with Crippen LogP contribution in [0.3, 0.4) is 0 Å². The predicted octanol–water partition coefficient (Wildman–Crippen LogP) is 6.06. The fourth-order valence-corrected chi connectivity index (χ4v) is 3.16. The largest absolute Gasteiger partial charge is 0.326 e. The Kier molecular flexibility index (Phi) is 6.17. The number of halogens is 3. The van der Waals surface area contributed by atoms with Crippen LogP contribution >= 0.6 is 34.8 Å². The molecular formula is C21H14Cl3NO2. The number of amides is 1. The summed E-state index contributed by atoms with van der Waals surface area (Å²) < 4.78 is 0. The molecule has 0 bridgehead atoms. The molecule has 0 aliphatic carbocycles. The summed E-state index contributed by atoms with van der Waals surface area (Å²) in [5, 5.41) is 3.77. The monoisotopic (exact) mass is 417 g/mol. The lowest BCUT2D eigenvalue weighted by atomic mass is 10.00. The van der Waals surface area contributed by atoms with E-state index in [1.807, 2.05) is 18.2 Å². The molecule has 3 nitrogen and oxygen atoms in total. The lowest BCUT2D eigenvalue weighted by Crippen LogP contribution is -2.14. The number of hydrogen-bond donors (Lipinski definition) is 1. The smallest absolute Gasteiger partial charge is 0.228 e. The zero-order valence-electron chi connectivity index (χ0n) is 14.0. The predicted molar refractivity (Wildman–Crippen MR) is 110 cm³/mol. The molecule has 0 unspecified atom stereocenters. The van der Waals surface area contributed by atoms with E-state index in [4.69, 9.17) is 34.8 Å². The summed E-state index contributed by atoms with van der Waals surface area (Å²) in [5.74, 6) is -0.541. The highest BCUT2D eigenvalue weighted by atomic mass is 35.5. The van der Waals surface area contributed by atoms with Gasteiger partial charge in [0.1, 0.15) is 0 Å². The average molecular weight is 419 g/mol. The number of nitrogens with one attached hydrogen (secondary N) is 1. The topological polar surface area (TPSA) is 46.2 Å². The number of ketones is 1. The molecule has 3 aromatic rings. The summed E-state index contributed by atoms with van der Waals surface area (Å²) in [6, 6.07) is 18.7. The molecule has 27 heavy (non-hydrogen) atoms. The Balaban J connectivity index is 1.83. The van der Waals surface area contributed by atoms with E-state index in [0.717, 1.165) is 0 Å². The minimum Gasteiger partial charge on any atom is -0.326 e. The van der Waals surface area contributed by atoms with Gasteiger partial charge in [0.15, 0.2) is 5.78 Å². The van der Waals surface area contributed by atoms with Crippen LogP contribution in [0.1, 0.15) is 21.5 Å². The average Bonchev–Trinajstić information content (AvgIpc) is 2.65. The summed E-state index contributed by atoms with van der Waals surface area (Å²) in [7, 11) is 0. The first-order valence-corrected chi connectivity index (χ1v) is 9.20. The van der Waals surface area contributed by atoms with Crippen molar-refractivity contribution in [1.82, 2.24) is 0 Å². The summed E-state index contributed by atoms with van der Waals surface area (Å²) in [5.41, 5.74) is 1.90. The lowest BCUT2D eigenvalue weighted by Gasteiger charge is -2.09. The molecule has 3 aromatic carbocycles. The third kappa shape index (κ3) is 4.89. The first-order chi connectivity index (χ1) is 12.9. The van der Waals surface area contributed by atoms with Crippen molar-refractivity contribution < 1.29 is 9.59 Å². The molecule has 3 rings (SSSR count). The maximum atomic E-state index is 12.8. The normalized spacial score (nSPS) is 10.5. The van der Waals surface area contributed by atoms with Crippen LogP contribution < -0.4 is 5.32 Å². The maximum Gasteiger partial charge on any atom is 0.228 e. The molecule has 0 spiro atoms. The number of carbonyl (C=O) groups is 2. The SMILES string of the molecule is O=C(Cc1ccc(Cl)c(C(=O)c2cc(Cl)ccc2Cl)c1)Nc1ccccc1. The van der Waals surface area contributed by atoms with Crippen LogP contribution in [-0.4, -0.2) is 11.7 Å². The summed E-state index contributed by atoms with van der Waals surface area (Å²) >= 11 is 18.3. The minimum atomic E-state index is -0.349. The van der Waals surface area contributed by atoms with Gasteiger partial charge in [-0.15, -0.1) is 0 Å². The molecular weight excluding hydrogens is 405 g/mol. The number of carbonyl (C=O) groups excluding carboxylic acids is 2. The van der Waals surface area contributed by atoms with Gasteiger partial charge in [0, 0.05) is 21.8 Å². The van der Waals surface area contributed by atoms with Crippen LogP contribution in [0.15, 0.2) is 66.7 Å². The summed E-state index contributed by atoms with van der Waals surface area (Å²) in [6.07, 6.45) is 0.107. The molecule has 1 N–H and O–H groups in total. The van der Waals surface area contributed by atoms with Crippen molar-refractivity contribution in [3.8, 4) is 0 Å². The van der Waals surface area contributed by atoms with Gasteiger partial charge < -0.3 is 5.32 Å². The zero-order valence-corrected chi connectivity index (χ0v) is 16.3. The Labute approximate surface area is 171 Å². The Morgan fingerprint density at radius 2 is 1.41 bits per heavy atom. The highest BCUT2D eigenvalue weighted by Crippen LogP contribution is 2.27. The molecule has 0 heterocycles. The van der Waals surface area contributed by atoms with Gasteiger partial charge in [0.2, 0.25) is 5.91 Å². The Morgan fingerprint density at radius 3 is 2.11 bits per heavy atom. The van der Waals surface area contributed by atoms with Gasteiger partial charge in [-0.25, -0.2) is 0 Å². The van der Waals surface area contributed by atoms with E-state index in [1.165, 1.54) is 6.07 Å². The molecule has 0 aliphatic heterocycles. The van der Waals surface area contributed by atoms with Gasteiger partial charge >= 0.3 is 0 Å². The van der Waals surface area contributed by atoms with Crippen molar-refractivity contribution >= 4 is 52.2 Å². The third-order valence-electron chi connectivity index (χ3n) is 3.87. The van der Waals surface area contributed by atoms with Crippen molar-refractivity contribution in [3.05, 3.63) is 98.5 Å². The quantitative estimate of drug-likeness (QED) is 0.512. The molecule has 0 saturated heterocycles. The van der Waals surface area contributed by atoms with E-state index in [1.54, 1.807) is 42.5 Å². The van der Waals surface area contributed by atoms with Crippen molar-refractivity contribution in [2.24, 2.45) is 0 Å². The van der Waals surface area contributed by atoms with E-state index in [-0.39, 0.29) is 39.3 Å². The van der Waals surface area contributed by atoms with Crippen molar-refractivity contribution in [2.45, 2.75) is 6.42 Å². The van der Waals surface area contributed by atoms with Crippen LogP contribution in [0, 0.1) is 0 Å².